The van der Waals surface area contributed by atoms with Crippen molar-refractivity contribution in [3.8, 4) is 5.75 Å². The quantitative estimate of drug-likeness (QED) is 0.604. The van der Waals surface area contributed by atoms with E-state index >= 15 is 0 Å². The van der Waals surface area contributed by atoms with Gasteiger partial charge < -0.3 is 10.1 Å². The van der Waals surface area contributed by atoms with Crippen molar-refractivity contribution in [2.75, 3.05) is 13.2 Å². The topological polar surface area (TPSA) is 96.5 Å². The zero-order valence-corrected chi connectivity index (χ0v) is 17.1. The van der Waals surface area contributed by atoms with Crippen molar-refractivity contribution < 1.29 is 19.1 Å². The lowest BCUT2D eigenvalue weighted by molar-refractivity contribution is -0.127. The lowest BCUT2D eigenvalue weighted by Crippen LogP contribution is -2.46. The molecule has 154 valence electrons. The molecule has 0 fully saturated rings. The first-order valence-electron chi connectivity index (χ1n) is 9.70. The van der Waals surface area contributed by atoms with E-state index in [-0.39, 0.29) is 19.1 Å². The smallest absolute Gasteiger partial charge is 0.279 e. The molecule has 1 atom stereocenters. The van der Waals surface area contributed by atoms with Gasteiger partial charge in [-0.1, -0.05) is 31.5 Å². The van der Waals surface area contributed by atoms with E-state index in [1.807, 2.05) is 12.1 Å². The van der Waals surface area contributed by atoms with Crippen LogP contribution in [0, 0.1) is 5.92 Å². The van der Waals surface area contributed by atoms with E-state index in [0.717, 1.165) is 25.7 Å². The molecule has 1 aliphatic carbocycles. The number of aryl methyl sites for hydroxylation is 1. The first-order chi connectivity index (χ1) is 14.0. The van der Waals surface area contributed by atoms with Gasteiger partial charge in [-0.15, -0.1) is 11.3 Å². The average molecular weight is 416 g/mol. The third-order valence-electron chi connectivity index (χ3n) is 4.86. The van der Waals surface area contributed by atoms with Crippen LogP contribution in [0.15, 0.2) is 36.4 Å². The summed E-state index contributed by atoms with van der Waals surface area (Å²) < 4.78 is 5.30. The number of ether oxygens (including phenoxy) is 1. The minimum atomic E-state index is -0.515. The molecule has 3 amide bonds. The zero-order chi connectivity index (χ0) is 20.6. The highest BCUT2D eigenvalue weighted by Crippen LogP contribution is 2.33. The summed E-state index contributed by atoms with van der Waals surface area (Å²) in [4.78, 5) is 37.7. The highest BCUT2D eigenvalue weighted by Gasteiger charge is 2.22. The molecular weight excluding hydrogens is 390 g/mol. The van der Waals surface area contributed by atoms with E-state index in [1.165, 1.54) is 21.8 Å². The third kappa shape index (κ3) is 6.05. The highest BCUT2D eigenvalue weighted by molar-refractivity contribution is 7.14. The lowest BCUT2D eigenvalue weighted by atomic mass is 9.87. The minimum absolute atomic E-state index is 0.191. The normalized spacial score (nSPS) is 15.1. The van der Waals surface area contributed by atoms with Crippen LogP contribution in [0.5, 0.6) is 5.75 Å². The molecule has 0 unspecified atom stereocenters. The summed E-state index contributed by atoms with van der Waals surface area (Å²) in [5, 5.41) is 2.44. The second kappa shape index (κ2) is 10.1. The van der Waals surface area contributed by atoms with E-state index < -0.39 is 11.8 Å². The monoisotopic (exact) mass is 415 g/mol. The van der Waals surface area contributed by atoms with Gasteiger partial charge in [0.1, 0.15) is 5.75 Å². The molecule has 7 nitrogen and oxygen atoms in total. The molecule has 0 saturated carbocycles. The molecule has 0 saturated heterocycles. The van der Waals surface area contributed by atoms with Gasteiger partial charge in [0.15, 0.2) is 6.61 Å². The van der Waals surface area contributed by atoms with Gasteiger partial charge in [0.2, 0.25) is 0 Å². The van der Waals surface area contributed by atoms with Crippen molar-refractivity contribution in [3.05, 3.63) is 51.7 Å². The van der Waals surface area contributed by atoms with Crippen molar-refractivity contribution in [2.45, 2.75) is 32.6 Å². The fourth-order valence-electron chi connectivity index (χ4n) is 3.19. The maximum Gasteiger partial charge on any atom is 0.279 e. The van der Waals surface area contributed by atoms with Crippen LogP contribution in [0.1, 0.15) is 39.9 Å². The average Bonchev–Trinajstić information content (AvgIpc) is 3.18. The van der Waals surface area contributed by atoms with Crippen LogP contribution in [0.4, 0.5) is 0 Å². The van der Waals surface area contributed by atoms with Crippen molar-refractivity contribution >= 4 is 29.1 Å². The molecule has 3 N–H and O–H groups in total. The Morgan fingerprint density at radius 2 is 1.93 bits per heavy atom. The maximum atomic E-state index is 12.3. The Kier molecular flexibility index (Phi) is 7.24. The summed E-state index contributed by atoms with van der Waals surface area (Å²) in [7, 11) is 0. The van der Waals surface area contributed by atoms with Gasteiger partial charge >= 0.3 is 0 Å². The Morgan fingerprint density at radius 3 is 2.69 bits per heavy atom. The summed E-state index contributed by atoms with van der Waals surface area (Å²) in [5.74, 6) is -0.0273. The Hall–Kier alpha value is -2.87. The molecule has 1 heterocycles. The predicted octanol–water partition coefficient (Wildman–Crippen LogP) is 2.22. The van der Waals surface area contributed by atoms with Gasteiger partial charge in [-0.25, -0.2) is 0 Å². The number of rotatable bonds is 7. The largest absolute Gasteiger partial charge is 0.484 e. The van der Waals surface area contributed by atoms with Crippen LogP contribution in [0.3, 0.4) is 0 Å². The number of hydrogen-bond acceptors (Lipinski definition) is 5. The second-order valence-corrected chi connectivity index (χ2v) is 8.09. The first-order valence-corrected chi connectivity index (χ1v) is 10.5. The summed E-state index contributed by atoms with van der Waals surface area (Å²) in [6, 6.07) is 10.8. The summed E-state index contributed by atoms with van der Waals surface area (Å²) in [5.41, 5.74) is 5.97. The number of hydrazine groups is 1. The second-order valence-electron chi connectivity index (χ2n) is 6.96. The van der Waals surface area contributed by atoms with Crippen LogP contribution in [0.25, 0.3) is 0 Å². The van der Waals surface area contributed by atoms with Gasteiger partial charge in [0.25, 0.3) is 17.7 Å². The van der Waals surface area contributed by atoms with Gasteiger partial charge in [0.05, 0.1) is 11.4 Å². The van der Waals surface area contributed by atoms with E-state index in [2.05, 4.69) is 23.1 Å². The summed E-state index contributed by atoms with van der Waals surface area (Å²) >= 11 is 1.48. The molecule has 0 radical (unpaired) electrons. The Morgan fingerprint density at radius 1 is 1.14 bits per heavy atom. The van der Waals surface area contributed by atoms with Crippen molar-refractivity contribution in [2.24, 2.45) is 5.92 Å². The molecule has 8 heteroatoms. The molecule has 0 spiro atoms. The molecule has 1 aromatic carbocycles. The Labute approximate surface area is 173 Å². The molecule has 29 heavy (non-hydrogen) atoms. The number of carbonyl (C=O) groups is 3. The van der Waals surface area contributed by atoms with Crippen LogP contribution < -0.4 is 20.9 Å². The highest BCUT2D eigenvalue weighted by atomic mass is 32.1. The van der Waals surface area contributed by atoms with E-state index in [4.69, 9.17) is 4.74 Å². The number of amides is 3. The van der Waals surface area contributed by atoms with Crippen LogP contribution in [0.2, 0.25) is 0 Å². The molecule has 0 aliphatic heterocycles. The molecule has 1 aliphatic rings. The van der Waals surface area contributed by atoms with Gasteiger partial charge in [-0.05, 0) is 48.9 Å². The number of carbonyl (C=O) groups excluding carboxylic acids is 3. The standard InChI is InChI=1S/C21H25N3O4S/c1-2-14-8-9-17-15(10-14)11-18(29-17)21(27)24-23-19(25)12-22-20(26)13-28-16-6-4-3-5-7-16/h3-7,11,14H,2,8-10,12-13H2,1H3,(H,22,26)(H,23,25)(H,24,27)/t14-/m1/s1. The van der Waals surface area contributed by atoms with Crippen LogP contribution in [-0.2, 0) is 22.4 Å². The summed E-state index contributed by atoms with van der Waals surface area (Å²) in [6.07, 6.45) is 4.33. The van der Waals surface area contributed by atoms with Crippen LogP contribution in [-0.4, -0.2) is 30.9 Å². The zero-order valence-electron chi connectivity index (χ0n) is 16.3. The fraction of sp³-hybridized carbons (Fsp3) is 0.381. The number of para-hydroxylation sites is 1. The summed E-state index contributed by atoms with van der Waals surface area (Å²) in [6.45, 7) is 1.75. The van der Waals surface area contributed by atoms with Gasteiger partial charge in [-0.3, -0.25) is 25.2 Å². The maximum absolute atomic E-state index is 12.3. The predicted molar refractivity (Wildman–Crippen MR) is 111 cm³/mol. The van der Waals surface area contributed by atoms with Gasteiger partial charge in [0, 0.05) is 4.88 Å². The Bertz CT molecular complexity index is 866. The number of thiophene rings is 1. The van der Waals surface area contributed by atoms with Crippen LogP contribution >= 0.6 is 11.3 Å². The molecule has 2 aromatic rings. The van der Waals surface area contributed by atoms with Crippen molar-refractivity contribution in [1.29, 1.82) is 0 Å². The van der Waals surface area contributed by atoms with E-state index in [1.54, 1.807) is 24.3 Å². The Balaban J connectivity index is 1.37. The number of hydrogen-bond donors (Lipinski definition) is 3. The minimum Gasteiger partial charge on any atom is -0.484 e. The molecule has 1 aromatic heterocycles. The number of benzene rings is 1. The van der Waals surface area contributed by atoms with Crippen molar-refractivity contribution in [1.82, 2.24) is 16.2 Å². The lowest BCUT2D eigenvalue weighted by Gasteiger charge is -2.19. The third-order valence-corrected chi connectivity index (χ3v) is 6.10. The molecular formula is C21H25N3O4S. The first kappa shape index (κ1) is 20.9. The molecule has 3 rings (SSSR count). The van der Waals surface area contributed by atoms with E-state index in [9.17, 15) is 14.4 Å². The van der Waals surface area contributed by atoms with Gasteiger partial charge in [-0.2, -0.15) is 0 Å². The number of nitrogens with one attached hydrogen (secondary N) is 3. The van der Waals surface area contributed by atoms with Crippen molar-refractivity contribution in [3.63, 3.8) is 0 Å². The van der Waals surface area contributed by atoms with E-state index in [0.29, 0.717) is 16.5 Å². The number of fused-ring (bicyclic) bond motifs is 1. The molecule has 0 bridgehead atoms. The SMILES string of the molecule is CC[C@@H]1CCc2sc(C(=O)NNC(=O)CNC(=O)COc3ccccc3)cc2C1. The fourth-order valence-corrected chi connectivity index (χ4v) is 4.29.